The summed E-state index contributed by atoms with van der Waals surface area (Å²) in [5.41, 5.74) is -0.454. The number of hydrogen-bond donors (Lipinski definition) is 1. The molecule has 1 aromatic carbocycles. The first-order chi connectivity index (χ1) is 6.91. The third-order valence-electron chi connectivity index (χ3n) is 2.07. The molecule has 0 saturated carbocycles. The van der Waals surface area contributed by atoms with Gasteiger partial charge in [0.05, 0.1) is 11.7 Å². The number of aliphatic hydroxyl groups is 1. The Kier molecular flexibility index (Phi) is 3.74. The molecule has 0 saturated heterocycles. The average Bonchev–Trinajstić information content (AvgIpc) is 1.99. The van der Waals surface area contributed by atoms with E-state index in [4.69, 9.17) is 0 Å². The van der Waals surface area contributed by atoms with E-state index in [1.165, 1.54) is 0 Å². The van der Waals surface area contributed by atoms with Crippen molar-refractivity contribution in [2.75, 3.05) is 0 Å². The second kappa shape index (κ2) is 4.66. The molecular weight excluding hydrogens is 205 g/mol. The van der Waals surface area contributed by atoms with Crippen molar-refractivity contribution in [1.29, 1.82) is 0 Å². The molecule has 1 rings (SSSR count). The maximum absolute atomic E-state index is 13.2. The lowest BCUT2D eigenvalue weighted by Crippen LogP contribution is -2.07. The molecule has 0 aliphatic carbocycles. The van der Waals surface area contributed by atoms with E-state index in [-0.39, 0.29) is 12.3 Å². The molecule has 0 heterocycles. The van der Waals surface area contributed by atoms with Crippen molar-refractivity contribution in [1.82, 2.24) is 0 Å². The van der Waals surface area contributed by atoms with Gasteiger partial charge in [0.1, 0.15) is 17.5 Å². The highest BCUT2D eigenvalue weighted by Crippen LogP contribution is 2.26. The summed E-state index contributed by atoms with van der Waals surface area (Å²) in [6.45, 7) is 3.64. The Labute approximate surface area is 86.5 Å². The van der Waals surface area contributed by atoms with E-state index in [1.54, 1.807) is 0 Å². The molecule has 0 aliphatic heterocycles. The van der Waals surface area contributed by atoms with Crippen LogP contribution in [0.3, 0.4) is 0 Å². The molecule has 0 amide bonds. The van der Waals surface area contributed by atoms with Crippen LogP contribution in [-0.2, 0) is 0 Å². The Balaban J connectivity index is 3.03. The molecule has 1 nitrogen and oxygen atoms in total. The Morgan fingerprint density at radius 3 is 2.00 bits per heavy atom. The smallest absolute Gasteiger partial charge is 0.134 e. The zero-order chi connectivity index (χ0) is 11.6. The van der Waals surface area contributed by atoms with Gasteiger partial charge in [-0.25, -0.2) is 13.2 Å². The van der Waals surface area contributed by atoms with Gasteiger partial charge in [-0.3, -0.25) is 0 Å². The summed E-state index contributed by atoms with van der Waals surface area (Å²) in [5, 5.41) is 9.54. The lowest BCUT2D eigenvalue weighted by Gasteiger charge is -2.14. The Morgan fingerprint density at radius 2 is 1.60 bits per heavy atom. The summed E-state index contributed by atoms with van der Waals surface area (Å²) in [5.74, 6) is -2.96. The predicted octanol–water partition coefficient (Wildman–Crippen LogP) is 3.18. The lowest BCUT2D eigenvalue weighted by molar-refractivity contribution is 0.142. The molecular formula is C11H13F3O. The van der Waals surface area contributed by atoms with E-state index in [9.17, 15) is 18.3 Å². The summed E-state index contributed by atoms with van der Waals surface area (Å²) in [6.07, 6.45) is -0.995. The SMILES string of the molecule is CC(C)CC(O)c1c(F)cc(F)cc1F. The summed E-state index contributed by atoms with van der Waals surface area (Å²) in [7, 11) is 0. The fraction of sp³-hybridized carbons (Fsp3) is 0.455. The van der Waals surface area contributed by atoms with Gasteiger partial charge in [0, 0.05) is 12.1 Å². The standard InChI is InChI=1S/C11H13F3O/c1-6(2)3-10(15)11-8(13)4-7(12)5-9(11)14/h4-6,10,15H,3H2,1-2H3. The summed E-state index contributed by atoms with van der Waals surface area (Å²) >= 11 is 0. The third-order valence-corrected chi connectivity index (χ3v) is 2.07. The Hall–Kier alpha value is -1.03. The van der Waals surface area contributed by atoms with Gasteiger partial charge in [0.2, 0.25) is 0 Å². The van der Waals surface area contributed by atoms with Gasteiger partial charge in [-0.15, -0.1) is 0 Å². The summed E-state index contributed by atoms with van der Waals surface area (Å²) < 4.78 is 38.9. The minimum atomic E-state index is -1.23. The molecule has 0 aromatic heterocycles. The molecule has 1 aromatic rings. The van der Waals surface area contributed by atoms with E-state index in [2.05, 4.69) is 0 Å². The first-order valence-electron chi connectivity index (χ1n) is 4.74. The van der Waals surface area contributed by atoms with Gasteiger partial charge in [-0.2, -0.15) is 0 Å². The molecule has 1 N–H and O–H groups in total. The van der Waals surface area contributed by atoms with E-state index in [0.717, 1.165) is 0 Å². The van der Waals surface area contributed by atoms with Crippen LogP contribution in [0.4, 0.5) is 13.2 Å². The van der Waals surface area contributed by atoms with Crippen molar-refractivity contribution in [3.8, 4) is 0 Å². The number of hydrogen-bond acceptors (Lipinski definition) is 1. The van der Waals surface area contributed by atoms with Crippen LogP contribution in [0.2, 0.25) is 0 Å². The van der Waals surface area contributed by atoms with Crippen LogP contribution < -0.4 is 0 Å². The summed E-state index contributed by atoms with van der Waals surface area (Å²) in [6, 6.07) is 1.14. The molecule has 0 fully saturated rings. The van der Waals surface area contributed by atoms with Crippen molar-refractivity contribution < 1.29 is 18.3 Å². The topological polar surface area (TPSA) is 20.2 Å². The number of benzene rings is 1. The maximum atomic E-state index is 13.2. The second-order valence-electron chi connectivity index (χ2n) is 3.93. The van der Waals surface area contributed by atoms with Gasteiger partial charge < -0.3 is 5.11 Å². The molecule has 0 spiro atoms. The second-order valence-corrected chi connectivity index (χ2v) is 3.93. The number of rotatable bonds is 3. The maximum Gasteiger partial charge on any atom is 0.134 e. The molecule has 84 valence electrons. The van der Waals surface area contributed by atoms with Crippen molar-refractivity contribution in [3.63, 3.8) is 0 Å². The highest BCUT2D eigenvalue weighted by Gasteiger charge is 2.20. The van der Waals surface area contributed by atoms with Crippen LogP contribution in [0.5, 0.6) is 0 Å². The number of aliphatic hydroxyl groups excluding tert-OH is 1. The van der Waals surface area contributed by atoms with Crippen molar-refractivity contribution in [2.45, 2.75) is 26.4 Å². The molecule has 0 bridgehead atoms. The van der Waals surface area contributed by atoms with Gasteiger partial charge in [0.25, 0.3) is 0 Å². The first kappa shape index (κ1) is 12.0. The van der Waals surface area contributed by atoms with E-state index in [1.807, 2.05) is 13.8 Å². The molecule has 0 aliphatic rings. The highest BCUT2D eigenvalue weighted by molar-refractivity contribution is 5.23. The Bertz CT molecular complexity index is 327. The van der Waals surface area contributed by atoms with Gasteiger partial charge >= 0.3 is 0 Å². The molecule has 15 heavy (non-hydrogen) atoms. The number of halogens is 3. The lowest BCUT2D eigenvalue weighted by atomic mass is 9.99. The van der Waals surface area contributed by atoms with Crippen LogP contribution in [0.1, 0.15) is 31.9 Å². The molecule has 1 atom stereocenters. The van der Waals surface area contributed by atoms with E-state index < -0.39 is 29.1 Å². The first-order valence-corrected chi connectivity index (χ1v) is 4.74. The monoisotopic (exact) mass is 218 g/mol. The summed E-state index contributed by atoms with van der Waals surface area (Å²) in [4.78, 5) is 0. The van der Waals surface area contributed by atoms with Crippen molar-refractivity contribution in [3.05, 3.63) is 35.1 Å². The molecule has 1 unspecified atom stereocenters. The fourth-order valence-electron chi connectivity index (χ4n) is 1.44. The zero-order valence-corrected chi connectivity index (χ0v) is 8.60. The Morgan fingerprint density at radius 1 is 1.13 bits per heavy atom. The van der Waals surface area contributed by atoms with Crippen LogP contribution in [0.25, 0.3) is 0 Å². The quantitative estimate of drug-likeness (QED) is 0.826. The zero-order valence-electron chi connectivity index (χ0n) is 8.60. The largest absolute Gasteiger partial charge is 0.388 e. The van der Waals surface area contributed by atoms with Gasteiger partial charge in [-0.1, -0.05) is 13.8 Å². The van der Waals surface area contributed by atoms with E-state index in [0.29, 0.717) is 12.1 Å². The van der Waals surface area contributed by atoms with Crippen LogP contribution in [0.15, 0.2) is 12.1 Å². The van der Waals surface area contributed by atoms with Crippen LogP contribution in [-0.4, -0.2) is 5.11 Å². The molecule has 0 radical (unpaired) electrons. The minimum Gasteiger partial charge on any atom is -0.388 e. The fourth-order valence-corrected chi connectivity index (χ4v) is 1.44. The van der Waals surface area contributed by atoms with Crippen LogP contribution in [0, 0.1) is 23.4 Å². The third kappa shape index (κ3) is 2.96. The van der Waals surface area contributed by atoms with Gasteiger partial charge in [0.15, 0.2) is 0 Å². The normalized spacial score (nSPS) is 13.3. The minimum absolute atomic E-state index is 0.101. The van der Waals surface area contributed by atoms with E-state index >= 15 is 0 Å². The van der Waals surface area contributed by atoms with Crippen LogP contribution >= 0.6 is 0 Å². The van der Waals surface area contributed by atoms with Crippen molar-refractivity contribution >= 4 is 0 Å². The highest BCUT2D eigenvalue weighted by atomic mass is 19.1. The average molecular weight is 218 g/mol. The van der Waals surface area contributed by atoms with Crippen molar-refractivity contribution in [2.24, 2.45) is 5.92 Å². The predicted molar refractivity (Wildman–Crippen MR) is 50.7 cm³/mol. The van der Waals surface area contributed by atoms with Gasteiger partial charge in [-0.05, 0) is 12.3 Å². The molecule has 4 heteroatoms.